The zero-order valence-electron chi connectivity index (χ0n) is 12.7. The standard InChI is InChI=1S/C15H24FN3S/c1-5-19(11(2)9-18(3)4)10-12-6-7-13(16)8-14(12)15(17)20/h6-8,11H,5,9-10H2,1-4H3,(H2,17,20). The van der Waals surface area contributed by atoms with Gasteiger partial charge in [0.05, 0.1) is 0 Å². The van der Waals surface area contributed by atoms with E-state index in [0.717, 1.165) is 25.2 Å². The molecule has 0 aromatic heterocycles. The first-order valence-electron chi connectivity index (χ1n) is 6.82. The van der Waals surface area contributed by atoms with Crippen LogP contribution in [0.4, 0.5) is 4.39 Å². The molecule has 0 aliphatic rings. The van der Waals surface area contributed by atoms with E-state index in [0.29, 0.717) is 11.6 Å². The Kier molecular flexibility index (Phi) is 6.52. The van der Waals surface area contributed by atoms with E-state index >= 15 is 0 Å². The molecule has 1 unspecified atom stereocenters. The van der Waals surface area contributed by atoms with Crippen molar-refractivity contribution in [2.45, 2.75) is 26.4 Å². The quantitative estimate of drug-likeness (QED) is 0.782. The van der Waals surface area contributed by atoms with Crippen molar-refractivity contribution in [3.05, 3.63) is 35.1 Å². The SMILES string of the molecule is CCN(Cc1ccc(F)cc1C(N)=S)C(C)CN(C)C. The van der Waals surface area contributed by atoms with Gasteiger partial charge < -0.3 is 10.6 Å². The van der Waals surface area contributed by atoms with E-state index in [2.05, 4.69) is 37.7 Å². The van der Waals surface area contributed by atoms with Gasteiger partial charge in [-0.25, -0.2) is 4.39 Å². The van der Waals surface area contributed by atoms with E-state index in [-0.39, 0.29) is 10.8 Å². The summed E-state index contributed by atoms with van der Waals surface area (Å²) in [6.07, 6.45) is 0. The number of nitrogens with zero attached hydrogens (tertiary/aromatic N) is 2. The van der Waals surface area contributed by atoms with Crippen molar-refractivity contribution in [3.63, 3.8) is 0 Å². The fourth-order valence-corrected chi connectivity index (χ4v) is 2.55. The van der Waals surface area contributed by atoms with Crippen LogP contribution in [0.3, 0.4) is 0 Å². The Bertz CT molecular complexity index is 462. The fourth-order valence-electron chi connectivity index (χ4n) is 2.36. The Morgan fingerprint density at radius 1 is 1.40 bits per heavy atom. The number of hydrogen-bond donors (Lipinski definition) is 1. The maximum Gasteiger partial charge on any atom is 0.123 e. The molecule has 1 atom stereocenters. The second kappa shape index (κ2) is 7.67. The molecule has 5 heteroatoms. The van der Waals surface area contributed by atoms with Gasteiger partial charge in [-0.1, -0.05) is 25.2 Å². The van der Waals surface area contributed by atoms with Crippen LogP contribution in [0, 0.1) is 5.82 Å². The molecule has 1 rings (SSSR count). The van der Waals surface area contributed by atoms with Crippen molar-refractivity contribution in [1.82, 2.24) is 9.80 Å². The first-order chi connectivity index (χ1) is 9.35. The zero-order chi connectivity index (χ0) is 15.3. The number of benzene rings is 1. The molecule has 20 heavy (non-hydrogen) atoms. The number of thiocarbonyl (C=S) groups is 1. The third-order valence-corrected chi connectivity index (χ3v) is 3.59. The van der Waals surface area contributed by atoms with E-state index in [1.807, 2.05) is 0 Å². The molecule has 1 aromatic rings. The maximum absolute atomic E-state index is 13.3. The predicted octanol–water partition coefficient (Wildman–Crippen LogP) is 2.23. The smallest absolute Gasteiger partial charge is 0.123 e. The molecular weight excluding hydrogens is 273 g/mol. The highest BCUT2D eigenvalue weighted by molar-refractivity contribution is 7.80. The Labute approximate surface area is 126 Å². The van der Waals surface area contributed by atoms with Gasteiger partial charge in [-0.05, 0) is 45.3 Å². The number of halogens is 1. The Balaban J connectivity index is 2.92. The lowest BCUT2D eigenvalue weighted by atomic mass is 10.1. The van der Waals surface area contributed by atoms with Crippen LogP contribution in [0.5, 0.6) is 0 Å². The van der Waals surface area contributed by atoms with Crippen molar-refractivity contribution in [2.24, 2.45) is 5.73 Å². The summed E-state index contributed by atoms with van der Waals surface area (Å²) in [4.78, 5) is 4.73. The Hall–Kier alpha value is -1.04. The van der Waals surface area contributed by atoms with Gasteiger partial charge in [0, 0.05) is 24.7 Å². The van der Waals surface area contributed by atoms with Crippen LogP contribution < -0.4 is 5.73 Å². The highest BCUT2D eigenvalue weighted by atomic mass is 32.1. The summed E-state index contributed by atoms with van der Waals surface area (Å²) in [7, 11) is 4.12. The summed E-state index contributed by atoms with van der Waals surface area (Å²) in [5, 5.41) is 0. The van der Waals surface area contributed by atoms with Crippen LogP contribution in [0.15, 0.2) is 18.2 Å². The van der Waals surface area contributed by atoms with Gasteiger partial charge >= 0.3 is 0 Å². The fraction of sp³-hybridized carbons (Fsp3) is 0.533. The maximum atomic E-state index is 13.3. The largest absolute Gasteiger partial charge is 0.389 e. The average molecular weight is 297 g/mol. The van der Waals surface area contributed by atoms with Crippen LogP contribution in [0.1, 0.15) is 25.0 Å². The van der Waals surface area contributed by atoms with E-state index in [1.54, 1.807) is 6.07 Å². The second-order valence-corrected chi connectivity index (χ2v) is 5.78. The van der Waals surface area contributed by atoms with E-state index in [1.165, 1.54) is 12.1 Å². The molecule has 3 nitrogen and oxygen atoms in total. The highest BCUT2D eigenvalue weighted by Crippen LogP contribution is 2.15. The molecule has 0 heterocycles. The summed E-state index contributed by atoms with van der Waals surface area (Å²) < 4.78 is 13.3. The summed E-state index contributed by atoms with van der Waals surface area (Å²) in [5.74, 6) is -0.305. The van der Waals surface area contributed by atoms with Gasteiger partial charge in [0.1, 0.15) is 10.8 Å². The minimum absolute atomic E-state index is 0.246. The highest BCUT2D eigenvalue weighted by Gasteiger charge is 2.16. The van der Waals surface area contributed by atoms with Gasteiger partial charge in [0.25, 0.3) is 0 Å². The minimum Gasteiger partial charge on any atom is -0.389 e. The lowest BCUT2D eigenvalue weighted by Gasteiger charge is -2.30. The van der Waals surface area contributed by atoms with Gasteiger partial charge in [0.2, 0.25) is 0 Å². The van der Waals surface area contributed by atoms with Crippen LogP contribution in [-0.4, -0.2) is 48.0 Å². The molecule has 2 N–H and O–H groups in total. The molecule has 0 radical (unpaired) electrons. The van der Waals surface area contributed by atoms with Crippen molar-refractivity contribution >= 4 is 17.2 Å². The molecule has 1 aromatic carbocycles. The predicted molar refractivity (Wildman–Crippen MR) is 86.4 cm³/mol. The first kappa shape index (κ1) is 17.0. The third kappa shape index (κ3) is 4.81. The number of nitrogens with two attached hydrogens (primary N) is 1. The van der Waals surface area contributed by atoms with Crippen molar-refractivity contribution in [1.29, 1.82) is 0 Å². The molecule has 0 aliphatic heterocycles. The van der Waals surface area contributed by atoms with Crippen LogP contribution in [-0.2, 0) is 6.54 Å². The van der Waals surface area contributed by atoms with E-state index in [9.17, 15) is 4.39 Å². The molecule has 0 bridgehead atoms. The molecule has 0 aliphatic carbocycles. The molecular formula is C15H24FN3S. The van der Waals surface area contributed by atoms with Crippen molar-refractivity contribution in [3.8, 4) is 0 Å². The molecule has 0 spiro atoms. The molecule has 0 fully saturated rings. The molecule has 0 amide bonds. The number of hydrogen-bond acceptors (Lipinski definition) is 3. The van der Waals surface area contributed by atoms with Gasteiger partial charge in [-0.2, -0.15) is 0 Å². The average Bonchev–Trinajstić information content (AvgIpc) is 2.36. The van der Waals surface area contributed by atoms with Crippen LogP contribution >= 0.6 is 12.2 Å². The third-order valence-electron chi connectivity index (χ3n) is 3.37. The topological polar surface area (TPSA) is 32.5 Å². The van der Waals surface area contributed by atoms with Crippen molar-refractivity contribution < 1.29 is 4.39 Å². The van der Waals surface area contributed by atoms with Gasteiger partial charge in [0.15, 0.2) is 0 Å². The molecule has 0 saturated heterocycles. The summed E-state index contributed by atoms with van der Waals surface area (Å²) in [5.41, 5.74) is 7.31. The lowest BCUT2D eigenvalue weighted by Crippen LogP contribution is -2.39. The number of likely N-dealkylation sites (N-methyl/N-ethyl adjacent to an activating group) is 2. The summed E-state index contributed by atoms with van der Waals surface area (Å²) >= 11 is 5.02. The van der Waals surface area contributed by atoms with Crippen LogP contribution in [0.2, 0.25) is 0 Å². The minimum atomic E-state index is -0.305. The Morgan fingerprint density at radius 3 is 2.55 bits per heavy atom. The monoisotopic (exact) mass is 297 g/mol. The summed E-state index contributed by atoms with van der Waals surface area (Å²) in [6, 6.07) is 5.05. The Morgan fingerprint density at radius 2 is 2.05 bits per heavy atom. The van der Waals surface area contributed by atoms with Crippen molar-refractivity contribution in [2.75, 3.05) is 27.2 Å². The molecule has 112 valence electrons. The summed E-state index contributed by atoms with van der Waals surface area (Å²) in [6.45, 7) is 6.92. The van der Waals surface area contributed by atoms with Gasteiger partial charge in [-0.3, -0.25) is 4.90 Å². The van der Waals surface area contributed by atoms with Crippen LogP contribution in [0.25, 0.3) is 0 Å². The van der Waals surface area contributed by atoms with E-state index in [4.69, 9.17) is 18.0 Å². The van der Waals surface area contributed by atoms with Gasteiger partial charge in [-0.15, -0.1) is 0 Å². The first-order valence-corrected chi connectivity index (χ1v) is 7.23. The normalized spacial score (nSPS) is 12.9. The number of rotatable bonds is 7. The molecule has 0 saturated carbocycles. The second-order valence-electron chi connectivity index (χ2n) is 5.34. The van der Waals surface area contributed by atoms with E-state index < -0.39 is 0 Å². The zero-order valence-corrected chi connectivity index (χ0v) is 13.5. The lowest BCUT2D eigenvalue weighted by molar-refractivity contribution is 0.174.